The lowest BCUT2D eigenvalue weighted by Gasteiger charge is -2.55. The van der Waals surface area contributed by atoms with E-state index >= 15 is 0 Å². The van der Waals surface area contributed by atoms with Crippen molar-refractivity contribution in [3.05, 3.63) is 0 Å². The molecule has 1 rings (SSSR count). The summed E-state index contributed by atoms with van der Waals surface area (Å²) < 4.78 is 25.2. The third-order valence-corrected chi connectivity index (χ3v) is 9.55. The minimum absolute atomic E-state index is 0.0127. The summed E-state index contributed by atoms with van der Waals surface area (Å²) in [5.41, 5.74) is -6.97. The Morgan fingerprint density at radius 1 is 0.692 bits per heavy atom. The number of aliphatic hydroxyl groups excluding tert-OH is 6. The van der Waals surface area contributed by atoms with E-state index in [1.54, 1.807) is 0 Å². The maximum atomic E-state index is 14.3. The molecule has 0 bridgehead atoms. The lowest BCUT2D eigenvalue weighted by molar-refractivity contribution is -0.378. The summed E-state index contributed by atoms with van der Waals surface area (Å²) in [6.45, 7) is 6.45. The SMILES string of the molecule is [2H]C(CCCCCC)C(=O)O[C@@H]1C(OC(O)[C@H](O)[C@H](O)[C@@H](O)CO)O[C@H](C(O)C(=O)CCCCC)[C@](O)(C(=O)CCCCC)[C@@]1(O)C(=O)CCCCC. The Kier molecular flexibility index (Phi) is 21.8. The smallest absolute Gasteiger partial charge is 0.306 e. The molecule has 11 atom stereocenters. The van der Waals surface area contributed by atoms with Crippen molar-refractivity contribution in [2.75, 3.05) is 6.61 Å². The fraction of sp³-hybridized carbons (Fsp3) is 0.892. The van der Waals surface area contributed by atoms with Gasteiger partial charge in [-0.2, -0.15) is 0 Å². The highest BCUT2D eigenvalue weighted by Crippen LogP contribution is 2.45. The fourth-order valence-corrected chi connectivity index (χ4v) is 6.24. The predicted octanol–water partition coefficient (Wildman–Crippen LogP) is 1.66. The van der Waals surface area contributed by atoms with E-state index in [-0.39, 0.29) is 25.7 Å². The van der Waals surface area contributed by atoms with Gasteiger partial charge in [0, 0.05) is 27.0 Å². The largest absolute Gasteiger partial charge is 0.453 e. The van der Waals surface area contributed by atoms with Crippen molar-refractivity contribution in [1.82, 2.24) is 0 Å². The van der Waals surface area contributed by atoms with Crippen LogP contribution in [0.5, 0.6) is 0 Å². The first-order valence-electron chi connectivity index (χ1n) is 19.6. The van der Waals surface area contributed by atoms with E-state index in [1.807, 2.05) is 27.7 Å². The molecule has 0 spiro atoms. The van der Waals surface area contributed by atoms with E-state index in [4.69, 9.17) is 15.6 Å². The zero-order valence-electron chi connectivity index (χ0n) is 32.4. The quantitative estimate of drug-likeness (QED) is 0.0307. The van der Waals surface area contributed by atoms with Gasteiger partial charge in [0.25, 0.3) is 0 Å². The third kappa shape index (κ3) is 12.8. The van der Waals surface area contributed by atoms with Gasteiger partial charge in [-0.05, 0) is 25.7 Å². The average molecular weight is 752 g/mol. The van der Waals surface area contributed by atoms with Crippen molar-refractivity contribution >= 4 is 23.3 Å². The molecule has 0 aromatic carbocycles. The van der Waals surface area contributed by atoms with Gasteiger partial charge in [0.15, 0.2) is 35.3 Å². The van der Waals surface area contributed by atoms with E-state index in [0.29, 0.717) is 57.8 Å². The number of hydrogen-bond acceptors (Lipinski definition) is 15. The number of carbonyl (C=O) groups excluding carboxylic acids is 4. The number of ketones is 3. The Labute approximate surface area is 309 Å². The first-order valence-corrected chi connectivity index (χ1v) is 19.0. The number of Topliss-reactive ketones (excluding diaryl/α,β-unsaturated/α-hetero) is 3. The van der Waals surface area contributed by atoms with Crippen LogP contribution in [0.1, 0.15) is 145 Å². The molecule has 1 aliphatic heterocycles. The van der Waals surface area contributed by atoms with Crippen molar-refractivity contribution in [2.24, 2.45) is 0 Å². The molecule has 15 heteroatoms. The summed E-state index contributed by atoms with van der Waals surface area (Å²) in [5, 5.41) is 87.5. The Hall–Kier alpha value is -1.92. The first kappa shape index (κ1) is 46.2. The Bertz CT molecular complexity index is 1110. The molecule has 0 saturated carbocycles. The molecular weight excluding hydrogens is 684 g/mol. The van der Waals surface area contributed by atoms with Crippen LogP contribution in [0.3, 0.4) is 0 Å². The molecule has 1 saturated heterocycles. The summed E-state index contributed by atoms with van der Waals surface area (Å²) in [4.78, 5) is 55.3. The molecule has 0 amide bonds. The molecule has 304 valence electrons. The molecular formula is C37H66O15. The van der Waals surface area contributed by atoms with Gasteiger partial charge in [0.1, 0.15) is 30.5 Å². The molecule has 4 unspecified atom stereocenters. The Balaban J connectivity index is 4.03. The maximum Gasteiger partial charge on any atom is 0.306 e. The van der Waals surface area contributed by atoms with Gasteiger partial charge in [-0.3, -0.25) is 19.2 Å². The summed E-state index contributed by atoms with van der Waals surface area (Å²) in [5.74, 6) is -4.73. The second-order valence-electron chi connectivity index (χ2n) is 13.8. The number of hydrogen-bond donors (Lipinski definition) is 8. The van der Waals surface area contributed by atoms with Gasteiger partial charge < -0.3 is 55.1 Å². The summed E-state index contributed by atoms with van der Waals surface area (Å²) in [7, 11) is 0. The van der Waals surface area contributed by atoms with Gasteiger partial charge in [-0.25, -0.2) is 0 Å². The minimum Gasteiger partial charge on any atom is -0.453 e. The van der Waals surface area contributed by atoms with Crippen LogP contribution in [0.2, 0.25) is 0 Å². The van der Waals surface area contributed by atoms with Crippen LogP contribution in [0.4, 0.5) is 0 Å². The van der Waals surface area contributed by atoms with Crippen molar-refractivity contribution in [3.8, 4) is 0 Å². The number of carbonyl (C=O) groups is 4. The van der Waals surface area contributed by atoms with E-state index in [1.165, 1.54) is 0 Å². The highest BCUT2D eigenvalue weighted by molar-refractivity contribution is 6.01. The number of unbranched alkanes of at least 4 members (excludes halogenated alkanes) is 9. The van der Waals surface area contributed by atoms with Gasteiger partial charge in [0.2, 0.25) is 11.9 Å². The molecule has 52 heavy (non-hydrogen) atoms. The second-order valence-corrected chi connectivity index (χ2v) is 13.8. The van der Waals surface area contributed by atoms with Crippen molar-refractivity contribution in [1.29, 1.82) is 0 Å². The molecule has 0 aromatic heterocycles. The van der Waals surface area contributed by atoms with E-state index in [9.17, 15) is 60.0 Å². The van der Waals surface area contributed by atoms with Gasteiger partial charge in [-0.15, -0.1) is 0 Å². The monoisotopic (exact) mass is 751 g/mol. The molecule has 0 aliphatic carbocycles. The first-order chi connectivity index (χ1) is 25.0. The lowest BCUT2D eigenvalue weighted by Crippen LogP contribution is -2.82. The van der Waals surface area contributed by atoms with Crippen LogP contribution in [-0.2, 0) is 33.4 Å². The molecule has 15 nitrogen and oxygen atoms in total. The second kappa shape index (κ2) is 24.5. The van der Waals surface area contributed by atoms with Crippen molar-refractivity contribution < 1.29 is 75.6 Å². The zero-order chi connectivity index (χ0) is 40.4. The van der Waals surface area contributed by atoms with Crippen LogP contribution in [0.15, 0.2) is 0 Å². The highest BCUT2D eigenvalue weighted by atomic mass is 16.8. The number of rotatable bonds is 29. The zero-order valence-corrected chi connectivity index (χ0v) is 31.4. The van der Waals surface area contributed by atoms with Gasteiger partial charge in [0.05, 0.1) is 6.61 Å². The highest BCUT2D eigenvalue weighted by Gasteiger charge is 2.74. The molecule has 8 N–H and O–H groups in total. The van der Waals surface area contributed by atoms with Gasteiger partial charge in [-0.1, -0.05) is 91.9 Å². The summed E-state index contributed by atoms with van der Waals surface area (Å²) >= 11 is 0. The van der Waals surface area contributed by atoms with E-state index in [2.05, 4.69) is 0 Å². The molecule has 1 aliphatic rings. The molecule has 1 fully saturated rings. The van der Waals surface area contributed by atoms with E-state index in [0.717, 1.165) is 12.8 Å². The summed E-state index contributed by atoms with van der Waals surface area (Å²) in [6.07, 6.45) is -15.1. The molecule has 0 aromatic rings. The Morgan fingerprint density at radius 2 is 1.17 bits per heavy atom. The van der Waals surface area contributed by atoms with Crippen LogP contribution in [-0.4, -0.2) is 131 Å². The normalized spacial score (nSPS) is 27.2. The standard InChI is InChI=1S/C37H66O15/c1-5-9-13-14-18-22-28(43)50-33-35(52-34(47)31(46)29(44)25(40)23-38)51-32(30(45)24(39)19-15-10-6-2)36(48,26(41)20-16-11-7-3)37(33,49)27(42)21-17-12-8-4/h25,29-35,38,40,44-49H,5-23H2,1-4H3/t25-,29+,30?,31+,32+,33+,34?,35?,36+,37+/m0/s1/i22D/t22?,25-,29+,30?,31+,32+,33+,34?,35?,36+,37+. The summed E-state index contributed by atoms with van der Waals surface area (Å²) in [6, 6.07) is 0. The maximum absolute atomic E-state index is 14.3. The van der Waals surface area contributed by atoms with E-state index < -0.39 is 110 Å². The average Bonchev–Trinajstić information content (AvgIpc) is 3.14. The van der Waals surface area contributed by atoms with Crippen LogP contribution >= 0.6 is 0 Å². The molecule has 1 heterocycles. The predicted molar refractivity (Wildman–Crippen MR) is 187 cm³/mol. The van der Waals surface area contributed by atoms with Crippen molar-refractivity contribution in [2.45, 2.75) is 204 Å². The number of esters is 1. The fourth-order valence-electron chi connectivity index (χ4n) is 6.24. The Morgan fingerprint density at radius 3 is 1.69 bits per heavy atom. The van der Waals surface area contributed by atoms with Gasteiger partial charge >= 0.3 is 5.97 Å². The topological polar surface area (TPSA) is 258 Å². The molecule has 0 radical (unpaired) electrons. The lowest BCUT2D eigenvalue weighted by atomic mass is 9.64. The third-order valence-electron chi connectivity index (χ3n) is 9.55. The number of aliphatic hydroxyl groups is 8. The van der Waals surface area contributed by atoms with Crippen LogP contribution in [0.25, 0.3) is 0 Å². The van der Waals surface area contributed by atoms with Crippen LogP contribution < -0.4 is 0 Å². The minimum atomic E-state index is -3.52. The van der Waals surface area contributed by atoms with Crippen LogP contribution in [0, 0.1) is 0 Å². The van der Waals surface area contributed by atoms with Crippen molar-refractivity contribution in [3.63, 3.8) is 0 Å². The number of ether oxygens (including phenoxy) is 3.